The van der Waals surface area contributed by atoms with Crippen LogP contribution in [-0.2, 0) is 0 Å². The maximum atomic E-state index is 11.3. The highest BCUT2D eigenvalue weighted by molar-refractivity contribution is 5.93. The predicted octanol–water partition coefficient (Wildman–Crippen LogP) is 0.442. The molecule has 68 valence electrons. The number of hydrogen-bond donors (Lipinski definition) is 2. The van der Waals surface area contributed by atoms with E-state index in [0.29, 0.717) is 12.0 Å². The third kappa shape index (κ3) is 2.60. The molecule has 0 aliphatic heterocycles. The Labute approximate surface area is 75.8 Å². The van der Waals surface area contributed by atoms with E-state index in [1.165, 1.54) is 12.4 Å². The van der Waals surface area contributed by atoms with E-state index in [4.69, 9.17) is 5.26 Å². The minimum absolute atomic E-state index is 0.132. The van der Waals surface area contributed by atoms with Crippen molar-refractivity contribution in [2.24, 2.45) is 0 Å². The molecule has 1 amide bonds. The number of aromatic nitrogens is 2. The van der Waals surface area contributed by atoms with Crippen molar-refractivity contribution in [3.63, 3.8) is 0 Å². The number of aromatic amines is 1. The van der Waals surface area contributed by atoms with Crippen LogP contribution in [0.15, 0.2) is 12.4 Å². The second-order valence-corrected chi connectivity index (χ2v) is 2.72. The normalized spacial score (nSPS) is 11.7. The standard InChI is InChI=1S/C8H10N4O/c1-6(2-3-9)12-8(13)7-4-10-11-5-7/h4-6H,2H2,1H3,(H,10,11)(H,12,13). The first-order valence-electron chi connectivity index (χ1n) is 3.90. The first-order chi connectivity index (χ1) is 6.24. The summed E-state index contributed by atoms with van der Waals surface area (Å²) in [5.74, 6) is -0.212. The Morgan fingerprint density at radius 2 is 2.69 bits per heavy atom. The van der Waals surface area contributed by atoms with Crippen LogP contribution in [0.25, 0.3) is 0 Å². The highest BCUT2D eigenvalue weighted by Gasteiger charge is 2.09. The zero-order valence-corrected chi connectivity index (χ0v) is 7.24. The summed E-state index contributed by atoms with van der Waals surface area (Å²) in [6.45, 7) is 1.78. The number of nitriles is 1. The summed E-state index contributed by atoms with van der Waals surface area (Å²) in [6, 6.07) is 1.85. The van der Waals surface area contributed by atoms with Crippen LogP contribution in [0.2, 0.25) is 0 Å². The summed E-state index contributed by atoms with van der Waals surface area (Å²) in [6.07, 6.45) is 3.26. The highest BCUT2D eigenvalue weighted by Crippen LogP contribution is 1.96. The molecule has 0 radical (unpaired) electrons. The second-order valence-electron chi connectivity index (χ2n) is 2.72. The second kappa shape index (κ2) is 4.26. The lowest BCUT2D eigenvalue weighted by molar-refractivity contribution is 0.0941. The number of carbonyl (C=O) groups excluding carboxylic acids is 1. The van der Waals surface area contributed by atoms with Gasteiger partial charge in [0.05, 0.1) is 24.3 Å². The number of nitrogens with zero attached hydrogens (tertiary/aromatic N) is 2. The van der Waals surface area contributed by atoms with Crippen LogP contribution in [0.4, 0.5) is 0 Å². The van der Waals surface area contributed by atoms with Gasteiger partial charge in [0, 0.05) is 12.2 Å². The molecule has 2 N–H and O–H groups in total. The molecule has 1 aromatic rings. The van der Waals surface area contributed by atoms with Gasteiger partial charge in [-0.25, -0.2) is 0 Å². The van der Waals surface area contributed by atoms with Crippen LogP contribution < -0.4 is 5.32 Å². The summed E-state index contributed by atoms with van der Waals surface area (Å²) in [5.41, 5.74) is 0.477. The number of carbonyl (C=O) groups is 1. The van der Waals surface area contributed by atoms with Crippen molar-refractivity contribution in [3.8, 4) is 6.07 Å². The van der Waals surface area contributed by atoms with Crippen LogP contribution in [0.5, 0.6) is 0 Å². The molecule has 0 aliphatic carbocycles. The Morgan fingerprint density at radius 1 is 1.92 bits per heavy atom. The molecule has 0 fully saturated rings. The summed E-state index contributed by atoms with van der Waals surface area (Å²) >= 11 is 0. The van der Waals surface area contributed by atoms with Crippen molar-refractivity contribution < 1.29 is 4.79 Å². The van der Waals surface area contributed by atoms with Crippen molar-refractivity contribution in [2.75, 3.05) is 0 Å². The molecule has 0 bridgehead atoms. The van der Waals surface area contributed by atoms with Crippen LogP contribution in [0.3, 0.4) is 0 Å². The molecular weight excluding hydrogens is 168 g/mol. The fraction of sp³-hybridized carbons (Fsp3) is 0.375. The fourth-order valence-electron chi connectivity index (χ4n) is 0.870. The van der Waals surface area contributed by atoms with E-state index in [1.54, 1.807) is 6.92 Å². The van der Waals surface area contributed by atoms with Crippen LogP contribution in [-0.4, -0.2) is 22.1 Å². The molecule has 13 heavy (non-hydrogen) atoms. The van der Waals surface area contributed by atoms with Gasteiger partial charge >= 0.3 is 0 Å². The molecule has 0 saturated heterocycles. The van der Waals surface area contributed by atoms with Crippen molar-refractivity contribution in [1.29, 1.82) is 5.26 Å². The molecule has 5 nitrogen and oxygen atoms in total. The monoisotopic (exact) mass is 178 g/mol. The van der Waals surface area contributed by atoms with E-state index in [0.717, 1.165) is 0 Å². The number of hydrogen-bond acceptors (Lipinski definition) is 3. The third-order valence-electron chi connectivity index (χ3n) is 1.54. The van der Waals surface area contributed by atoms with Gasteiger partial charge in [0.1, 0.15) is 0 Å². The van der Waals surface area contributed by atoms with E-state index in [1.807, 2.05) is 6.07 Å². The molecule has 1 unspecified atom stereocenters. The minimum atomic E-state index is -0.212. The molecule has 0 spiro atoms. The molecular formula is C8H10N4O. The maximum absolute atomic E-state index is 11.3. The summed E-state index contributed by atoms with van der Waals surface area (Å²) in [5, 5.41) is 17.2. The van der Waals surface area contributed by atoms with Gasteiger partial charge in [0.25, 0.3) is 5.91 Å². The van der Waals surface area contributed by atoms with Crippen molar-refractivity contribution >= 4 is 5.91 Å². The minimum Gasteiger partial charge on any atom is -0.348 e. The largest absolute Gasteiger partial charge is 0.348 e. The van der Waals surface area contributed by atoms with Gasteiger partial charge in [0.15, 0.2) is 0 Å². The maximum Gasteiger partial charge on any atom is 0.254 e. The molecule has 0 aromatic carbocycles. The lowest BCUT2D eigenvalue weighted by Crippen LogP contribution is -2.31. The average molecular weight is 178 g/mol. The lowest BCUT2D eigenvalue weighted by Gasteiger charge is -2.08. The SMILES string of the molecule is CC(CC#N)NC(=O)c1cn[nH]c1. The zero-order chi connectivity index (χ0) is 9.68. The average Bonchev–Trinajstić information content (AvgIpc) is 2.55. The molecule has 1 atom stereocenters. The number of nitrogens with one attached hydrogen (secondary N) is 2. The van der Waals surface area contributed by atoms with Crippen molar-refractivity contribution in [3.05, 3.63) is 18.0 Å². The Balaban J connectivity index is 2.48. The topological polar surface area (TPSA) is 81.6 Å². The first kappa shape index (κ1) is 9.26. The first-order valence-corrected chi connectivity index (χ1v) is 3.90. The zero-order valence-electron chi connectivity index (χ0n) is 7.24. The van der Waals surface area contributed by atoms with Crippen molar-refractivity contribution in [1.82, 2.24) is 15.5 Å². The highest BCUT2D eigenvalue weighted by atomic mass is 16.1. The van der Waals surface area contributed by atoms with E-state index >= 15 is 0 Å². The molecule has 1 heterocycles. The van der Waals surface area contributed by atoms with E-state index in [-0.39, 0.29) is 11.9 Å². The van der Waals surface area contributed by atoms with E-state index in [2.05, 4.69) is 15.5 Å². The van der Waals surface area contributed by atoms with Gasteiger partial charge < -0.3 is 5.32 Å². The van der Waals surface area contributed by atoms with E-state index in [9.17, 15) is 4.79 Å². The quantitative estimate of drug-likeness (QED) is 0.704. The van der Waals surface area contributed by atoms with Crippen LogP contribution >= 0.6 is 0 Å². The number of amides is 1. The predicted molar refractivity (Wildman–Crippen MR) is 45.7 cm³/mol. The Bertz CT molecular complexity index is 311. The fourth-order valence-corrected chi connectivity index (χ4v) is 0.870. The molecule has 0 aliphatic rings. The van der Waals surface area contributed by atoms with Crippen LogP contribution in [0.1, 0.15) is 23.7 Å². The molecule has 1 rings (SSSR count). The Kier molecular flexibility index (Phi) is 3.03. The Hall–Kier alpha value is -1.83. The molecule has 1 aromatic heterocycles. The van der Waals surface area contributed by atoms with Gasteiger partial charge in [-0.2, -0.15) is 10.4 Å². The third-order valence-corrected chi connectivity index (χ3v) is 1.54. The summed E-state index contributed by atoms with van der Waals surface area (Å²) in [4.78, 5) is 11.3. The van der Waals surface area contributed by atoms with Crippen molar-refractivity contribution in [2.45, 2.75) is 19.4 Å². The number of H-pyrrole nitrogens is 1. The summed E-state index contributed by atoms with van der Waals surface area (Å²) < 4.78 is 0. The molecule has 0 saturated carbocycles. The summed E-state index contributed by atoms with van der Waals surface area (Å²) in [7, 11) is 0. The van der Waals surface area contributed by atoms with Crippen LogP contribution in [0, 0.1) is 11.3 Å². The number of rotatable bonds is 3. The van der Waals surface area contributed by atoms with Gasteiger partial charge in [0.2, 0.25) is 0 Å². The van der Waals surface area contributed by atoms with Gasteiger partial charge in [-0.15, -0.1) is 0 Å². The smallest absolute Gasteiger partial charge is 0.254 e. The molecule has 5 heteroatoms. The van der Waals surface area contributed by atoms with E-state index < -0.39 is 0 Å². The Morgan fingerprint density at radius 3 is 3.23 bits per heavy atom. The lowest BCUT2D eigenvalue weighted by atomic mass is 10.2. The van der Waals surface area contributed by atoms with Gasteiger partial charge in [-0.3, -0.25) is 9.89 Å². The van der Waals surface area contributed by atoms with Gasteiger partial charge in [-0.1, -0.05) is 0 Å². The van der Waals surface area contributed by atoms with Gasteiger partial charge in [-0.05, 0) is 6.92 Å².